The Bertz CT molecular complexity index is 1450. The van der Waals surface area contributed by atoms with Gasteiger partial charge in [0, 0.05) is 12.6 Å². The highest BCUT2D eigenvalue weighted by atomic mass is 35.5. The van der Waals surface area contributed by atoms with Crippen molar-refractivity contribution >= 4 is 29.1 Å². The van der Waals surface area contributed by atoms with E-state index in [2.05, 4.69) is 0 Å². The number of Topliss-reactive ketones (excluding diaryl/α,β-unsaturated/α-hetero) is 1. The van der Waals surface area contributed by atoms with Crippen LogP contribution in [0.4, 0.5) is 0 Å². The van der Waals surface area contributed by atoms with E-state index in [-0.39, 0.29) is 41.0 Å². The number of fused-ring (bicyclic) bond motifs is 1. The van der Waals surface area contributed by atoms with Crippen LogP contribution in [-0.4, -0.2) is 49.8 Å². The molecule has 1 N–H and O–H groups in total. The van der Waals surface area contributed by atoms with Crippen molar-refractivity contribution in [3.8, 4) is 28.7 Å². The molecular formula is C28H24ClNO8. The molecule has 3 aromatic rings. The van der Waals surface area contributed by atoms with Gasteiger partial charge in [0.25, 0.3) is 11.7 Å². The van der Waals surface area contributed by atoms with Gasteiger partial charge in [0.1, 0.15) is 23.0 Å². The van der Waals surface area contributed by atoms with Gasteiger partial charge in [-0.3, -0.25) is 9.59 Å². The fraction of sp³-hybridized carbons (Fsp3) is 0.214. The van der Waals surface area contributed by atoms with Crippen molar-refractivity contribution in [2.75, 3.05) is 28.1 Å². The van der Waals surface area contributed by atoms with E-state index in [0.717, 1.165) is 5.56 Å². The first-order chi connectivity index (χ1) is 18.4. The molecule has 1 amide bonds. The first kappa shape index (κ1) is 25.3. The zero-order valence-electron chi connectivity index (χ0n) is 20.8. The van der Waals surface area contributed by atoms with E-state index in [4.69, 9.17) is 35.3 Å². The van der Waals surface area contributed by atoms with E-state index in [0.29, 0.717) is 22.8 Å². The van der Waals surface area contributed by atoms with Gasteiger partial charge in [0.15, 0.2) is 11.5 Å². The summed E-state index contributed by atoms with van der Waals surface area (Å²) in [5, 5.41) is 11.8. The molecule has 2 heterocycles. The van der Waals surface area contributed by atoms with Gasteiger partial charge in [-0.05, 0) is 41.5 Å². The van der Waals surface area contributed by atoms with Crippen LogP contribution in [0.25, 0.3) is 5.76 Å². The van der Waals surface area contributed by atoms with Crippen LogP contribution in [0.15, 0.2) is 60.2 Å². The van der Waals surface area contributed by atoms with E-state index in [9.17, 15) is 14.7 Å². The number of amides is 1. The third kappa shape index (κ3) is 4.35. The zero-order chi connectivity index (χ0) is 27.0. The molecular weight excluding hydrogens is 514 g/mol. The lowest BCUT2D eigenvalue weighted by Crippen LogP contribution is -2.29. The molecule has 0 radical (unpaired) electrons. The van der Waals surface area contributed by atoms with Crippen LogP contribution in [0.3, 0.4) is 0 Å². The second-order valence-electron chi connectivity index (χ2n) is 8.57. The van der Waals surface area contributed by atoms with Crippen LogP contribution in [0.1, 0.15) is 22.7 Å². The third-order valence-electron chi connectivity index (χ3n) is 6.49. The van der Waals surface area contributed by atoms with E-state index in [1.807, 2.05) is 0 Å². The van der Waals surface area contributed by atoms with Crippen LogP contribution >= 0.6 is 11.6 Å². The van der Waals surface area contributed by atoms with Gasteiger partial charge in [-0.15, -0.1) is 0 Å². The first-order valence-corrected chi connectivity index (χ1v) is 12.0. The molecule has 2 aliphatic heterocycles. The highest BCUT2D eigenvalue weighted by molar-refractivity contribution is 6.46. The average Bonchev–Trinajstić information content (AvgIpc) is 3.50. The molecule has 196 valence electrons. The lowest BCUT2D eigenvalue weighted by molar-refractivity contribution is -0.140. The second-order valence-corrected chi connectivity index (χ2v) is 8.98. The third-order valence-corrected chi connectivity index (χ3v) is 6.79. The van der Waals surface area contributed by atoms with Crippen LogP contribution in [-0.2, 0) is 16.1 Å². The van der Waals surface area contributed by atoms with Gasteiger partial charge in [0.2, 0.25) is 6.79 Å². The molecule has 0 saturated carbocycles. The Labute approximate surface area is 223 Å². The number of halogens is 1. The largest absolute Gasteiger partial charge is 0.507 e. The van der Waals surface area contributed by atoms with Gasteiger partial charge < -0.3 is 33.7 Å². The van der Waals surface area contributed by atoms with Gasteiger partial charge >= 0.3 is 0 Å². The molecule has 1 atom stereocenters. The Morgan fingerprint density at radius 1 is 0.947 bits per heavy atom. The van der Waals surface area contributed by atoms with Gasteiger partial charge in [-0.2, -0.15) is 0 Å². The van der Waals surface area contributed by atoms with Crippen molar-refractivity contribution in [1.29, 1.82) is 0 Å². The number of ether oxygens (including phenoxy) is 5. The van der Waals surface area contributed by atoms with Crippen LogP contribution in [0, 0.1) is 0 Å². The van der Waals surface area contributed by atoms with Crippen molar-refractivity contribution in [1.82, 2.24) is 4.90 Å². The van der Waals surface area contributed by atoms with E-state index < -0.39 is 23.5 Å². The normalized spacial score (nSPS) is 17.6. The molecule has 2 aliphatic rings. The van der Waals surface area contributed by atoms with Crippen LogP contribution < -0.4 is 23.7 Å². The van der Waals surface area contributed by atoms with Crippen molar-refractivity contribution in [3.63, 3.8) is 0 Å². The second kappa shape index (κ2) is 10.2. The van der Waals surface area contributed by atoms with Crippen molar-refractivity contribution < 1.29 is 38.4 Å². The molecule has 1 fully saturated rings. The molecule has 10 heteroatoms. The Kier molecular flexibility index (Phi) is 6.77. The Morgan fingerprint density at radius 3 is 2.34 bits per heavy atom. The molecule has 1 saturated heterocycles. The number of aliphatic hydroxyl groups is 1. The Morgan fingerprint density at radius 2 is 1.66 bits per heavy atom. The van der Waals surface area contributed by atoms with Crippen molar-refractivity contribution in [3.05, 3.63) is 81.9 Å². The van der Waals surface area contributed by atoms with E-state index in [1.54, 1.807) is 49.6 Å². The molecule has 0 aromatic heterocycles. The number of rotatable bonds is 7. The summed E-state index contributed by atoms with van der Waals surface area (Å²) >= 11 is 6.24. The Balaban J connectivity index is 1.66. The molecule has 0 spiro atoms. The number of likely N-dealkylation sites (tertiary alicyclic amines) is 1. The number of methoxy groups -OCH3 is 3. The topological polar surface area (TPSA) is 104 Å². The molecule has 38 heavy (non-hydrogen) atoms. The monoisotopic (exact) mass is 537 g/mol. The minimum Gasteiger partial charge on any atom is -0.507 e. The van der Waals surface area contributed by atoms with Gasteiger partial charge in [-0.1, -0.05) is 29.8 Å². The average molecular weight is 538 g/mol. The smallest absolute Gasteiger partial charge is 0.295 e. The highest BCUT2D eigenvalue weighted by Gasteiger charge is 2.46. The number of nitrogens with zero attached hydrogens (tertiary/aromatic N) is 1. The summed E-state index contributed by atoms with van der Waals surface area (Å²) in [5.74, 6) is 0.234. The summed E-state index contributed by atoms with van der Waals surface area (Å²) in [4.78, 5) is 28.3. The van der Waals surface area contributed by atoms with E-state index in [1.165, 1.54) is 31.3 Å². The summed E-state index contributed by atoms with van der Waals surface area (Å²) in [7, 11) is 4.38. The minimum absolute atomic E-state index is 0.0791. The van der Waals surface area contributed by atoms with Crippen LogP contribution in [0.5, 0.6) is 28.7 Å². The maximum absolute atomic E-state index is 13.5. The maximum Gasteiger partial charge on any atom is 0.295 e. The molecule has 0 bridgehead atoms. The minimum atomic E-state index is -0.905. The van der Waals surface area contributed by atoms with Crippen LogP contribution in [0.2, 0.25) is 5.02 Å². The number of carbonyl (C=O) groups is 2. The highest BCUT2D eigenvalue weighted by Crippen LogP contribution is 2.44. The molecule has 9 nitrogen and oxygen atoms in total. The van der Waals surface area contributed by atoms with E-state index >= 15 is 0 Å². The standard InChI is InChI=1S/C28H24ClNO8/c1-34-17-7-5-16(6-8-17)25-24(26(31)18-11-22(36-3)19(29)12-21(18)35-2)27(32)28(33)30(25)13-15-4-9-20-23(10-15)38-14-37-20/h4-12,25,31H,13-14H2,1-3H3/b26-24+. The molecule has 5 rings (SSSR count). The molecule has 1 unspecified atom stereocenters. The lowest BCUT2D eigenvalue weighted by atomic mass is 9.94. The fourth-order valence-corrected chi connectivity index (χ4v) is 4.83. The number of benzene rings is 3. The summed E-state index contributed by atoms with van der Waals surface area (Å²) in [5.41, 5.74) is 1.39. The Hall–Kier alpha value is -4.37. The quantitative estimate of drug-likeness (QED) is 0.262. The fourth-order valence-electron chi connectivity index (χ4n) is 4.60. The number of aliphatic hydroxyl groups excluding tert-OH is 1. The van der Waals surface area contributed by atoms with Gasteiger partial charge in [0.05, 0.1) is 43.5 Å². The number of ketones is 1. The zero-order valence-corrected chi connectivity index (χ0v) is 21.6. The predicted molar refractivity (Wildman–Crippen MR) is 138 cm³/mol. The first-order valence-electron chi connectivity index (χ1n) is 11.6. The molecule has 0 aliphatic carbocycles. The summed E-state index contributed by atoms with van der Waals surface area (Å²) < 4.78 is 26.8. The van der Waals surface area contributed by atoms with Gasteiger partial charge in [-0.25, -0.2) is 0 Å². The number of hydrogen-bond donors (Lipinski definition) is 1. The predicted octanol–water partition coefficient (Wildman–Crippen LogP) is 4.72. The maximum atomic E-state index is 13.5. The lowest BCUT2D eigenvalue weighted by Gasteiger charge is -2.26. The van der Waals surface area contributed by atoms with Crippen molar-refractivity contribution in [2.24, 2.45) is 0 Å². The summed E-state index contributed by atoms with van der Waals surface area (Å²) in [6.07, 6.45) is 0. The summed E-state index contributed by atoms with van der Waals surface area (Å²) in [6.45, 7) is 0.192. The SMILES string of the molecule is COc1ccc(C2/C(=C(\O)c3cc(OC)c(Cl)cc3OC)C(=O)C(=O)N2Cc2ccc3c(c2)OCO3)cc1. The molecule has 3 aromatic carbocycles. The number of carbonyl (C=O) groups excluding carboxylic acids is 2. The summed E-state index contributed by atoms with van der Waals surface area (Å²) in [6, 6.07) is 14.3. The number of hydrogen-bond acceptors (Lipinski definition) is 8. The van der Waals surface area contributed by atoms with Crippen molar-refractivity contribution in [2.45, 2.75) is 12.6 Å².